The summed E-state index contributed by atoms with van der Waals surface area (Å²) in [4.78, 5) is 11.6. The molecule has 1 amide bonds. The molecule has 1 rings (SSSR count). The molecule has 1 aromatic carbocycles. The molecule has 0 saturated carbocycles. The predicted molar refractivity (Wildman–Crippen MR) is 73.6 cm³/mol. The molecule has 0 spiro atoms. The average Bonchev–Trinajstić information content (AvgIpc) is 2.32. The van der Waals surface area contributed by atoms with Crippen molar-refractivity contribution in [1.82, 2.24) is 0 Å². The number of alkyl halides is 1. The first-order valence-electron chi connectivity index (χ1n) is 5.88. The summed E-state index contributed by atoms with van der Waals surface area (Å²) < 4.78 is 0. The lowest BCUT2D eigenvalue weighted by Crippen LogP contribution is -2.22. The number of carbonyl (C=O) groups excluding carboxylic acids is 1. The third-order valence-corrected chi connectivity index (χ3v) is 3.38. The van der Waals surface area contributed by atoms with E-state index in [1.54, 1.807) is 24.3 Å². The van der Waals surface area contributed by atoms with Gasteiger partial charge in [-0.3, -0.25) is 4.79 Å². The highest BCUT2D eigenvalue weighted by Gasteiger charge is 2.15. The van der Waals surface area contributed by atoms with E-state index in [-0.39, 0.29) is 16.5 Å². The molecule has 0 unspecified atom stereocenters. The van der Waals surface area contributed by atoms with Crippen LogP contribution in [0.3, 0.4) is 0 Å². The Labute approximate surface area is 110 Å². The van der Waals surface area contributed by atoms with Crippen LogP contribution in [0.5, 0.6) is 5.75 Å². The quantitative estimate of drug-likeness (QED) is 0.478. The Kier molecular flexibility index (Phi) is 6.05. The average molecular weight is 300 g/mol. The molecule has 2 N–H and O–H groups in total. The fourth-order valence-corrected chi connectivity index (χ4v) is 1.93. The number of amides is 1. The minimum atomic E-state index is -0.200. The highest BCUT2D eigenvalue weighted by atomic mass is 79.9. The van der Waals surface area contributed by atoms with Gasteiger partial charge in [0.1, 0.15) is 5.75 Å². The van der Waals surface area contributed by atoms with Crippen molar-refractivity contribution in [1.29, 1.82) is 0 Å². The lowest BCUT2D eigenvalue weighted by atomic mass is 10.1. The van der Waals surface area contributed by atoms with Crippen LogP contribution in [-0.2, 0) is 4.79 Å². The predicted octanol–water partition coefficient (Wildman–Crippen LogP) is 3.67. The van der Waals surface area contributed by atoms with E-state index in [2.05, 4.69) is 28.2 Å². The van der Waals surface area contributed by atoms with Crippen molar-refractivity contribution in [3.63, 3.8) is 0 Å². The molecule has 0 fully saturated rings. The Morgan fingerprint density at radius 1 is 1.41 bits per heavy atom. The van der Waals surface area contributed by atoms with Crippen LogP contribution in [0.25, 0.3) is 0 Å². The van der Waals surface area contributed by atoms with Crippen molar-refractivity contribution in [3.05, 3.63) is 24.3 Å². The maximum absolute atomic E-state index is 11.8. The molecule has 0 aliphatic rings. The molecular weight excluding hydrogens is 282 g/mol. The standard InChI is InChI=1S/C13H18BrNO2/c1-2-3-4-7-10(14)13(17)15-11-8-5-6-9-12(11)16/h5-6,8-10,16H,2-4,7H2,1H3,(H,15,17)/t10-/m0/s1. The number of nitrogens with one attached hydrogen (secondary N) is 1. The maximum atomic E-state index is 11.8. The molecule has 17 heavy (non-hydrogen) atoms. The van der Waals surface area contributed by atoms with E-state index in [1.807, 2.05) is 0 Å². The molecule has 1 aromatic rings. The van der Waals surface area contributed by atoms with Crippen molar-refractivity contribution in [3.8, 4) is 5.75 Å². The minimum Gasteiger partial charge on any atom is -0.506 e. The molecule has 4 heteroatoms. The molecule has 0 saturated heterocycles. The topological polar surface area (TPSA) is 49.3 Å². The molecule has 94 valence electrons. The van der Waals surface area contributed by atoms with E-state index >= 15 is 0 Å². The van der Waals surface area contributed by atoms with Gasteiger partial charge in [0.2, 0.25) is 5.91 Å². The Bertz CT molecular complexity index is 368. The maximum Gasteiger partial charge on any atom is 0.238 e. The summed E-state index contributed by atoms with van der Waals surface area (Å²) in [6.45, 7) is 2.13. The zero-order valence-electron chi connectivity index (χ0n) is 9.95. The van der Waals surface area contributed by atoms with Crippen LogP contribution >= 0.6 is 15.9 Å². The molecule has 1 atom stereocenters. The van der Waals surface area contributed by atoms with Crippen molar-refractivity contribution >= 4 is 27.5 Å². The largest absolute Gasteiger partial charge is 0.506 e. The van der Waals surface area contributed by atoms with Gasteiger partial charge < -0.3 is 10.4 Å². The second-order valence-corrected chi connectivity index (χ2v) is 5.08. The van der Waals surface area contributed by atoms with E-state index < -0.39 is 0 Å². The first-order valence-corrected chi connectivity index (χ1v) is 6.79. The summed E-state index contributed by atoms with van der Waals surface area (Å²) in [5, 5.41) is 12.2. The summed E-state index contributed by atoms with van der Waals surface area (Å²) in [6, 6.07) is 6.72. The molecule has 0 radical (unpaired) electrons. The Hall–Kier alpha value is -1.03. The number of hydrogen-bond donors (Lipinski definition) is 2. The number of para-hydroxylation sites is 2. The lowest BCUT2D eigenvalue weighted by Gasteiger charge is -2.11. The number of anilines is 1. The first-order chi connectivity index (χ1) is 8.15. The summed E-state index contributed by atoms with van der Waals surface area (Å²) in [5.74, 6) is -0.0169. The molecule has 3 nitrogen and oxygen atoms in total. The van der Waals surface area contributed by atoms with Gasteiger partial charge in [-0.05, 0) is 18.6 Å². The van der Waals surface area contributed by atoms with E-state index in [4.69, 9.17) is 0 Å². The molecule has 0 aliphatic carbocycles. The number of phenolic OH excluding ortho intramolecular Hbond substituents is 1. The number of hydrogen-bond acceptors (Lipinski definition) is 2. The molecule has 0 aliphatic heterocycles. The molecular formula is C13H18BrNO2. The molecule has 0 bridgehead atoms. The fourth-order valence-electron chi connectivity index (χ4n) is 1.50. The van der Waals surface area contributed by atoms with Crippen molar-refractivity contribution in [2.45, 2.75) is 37.4 Å². The number of halogens is 1. The monoisotopic (exact) mass is 299 g/mol. The number of carbonyl (C=O) groups is 1. The summed E-state index contributed by atoms with van der Waals surface area (Å²) in [5.41, 5.74) is 0.456. The van der Waals surface area contributed by atoms with Gasteiger partial charge in [0.25, 0.3) is 0 Å². The van der Waals surface area contributed by atoms with Gasteiger partial charge in [-0.15, -0.1) is 0 Å². The van der Waals surface area contributed by atoms with Crippen molar-refractivity contribution in [2.24, 2.45) is 0 Å². The van der Waals surface area contributed by atoms with Gasteiger partial charge in [0.15, 0.2) is 0 Å². The number of aromatic hydroxyl groups is 1. The van der Waals surface area contributed by atoms with Gasteiger partial charge in [-0.2, -0.15) is 0 Å². The Morgan fingerprint density at radius 2 is 2.12 bits per heavy atom. The summed E-state index contributed by atoms with van der Waals surface area (Å²) in [7, 11) is 0. The van der Waals surface area contributed by atoms with E-state index in [9.17, 15) is 9.90 Å². The Balaban J connectivity index is 2.46. The Morgan fingerprint density at radius 3 is 2.76 bits per heavy atom. The third kappa shape index (κ3) is 4.77. The number of unbranched alkanes of at least 4 members (excludes halogenated alkanes) is 2. The first kappa shape index (κ1) is 14.0. The number of rotatable bonds is 6. The van der Waals surface area contributed by atoms with Crippen molar-refractivity contribution in [2.75, 3.05) is 5.32 Å². The highest BCUT2D eigenvalue weighted by Crippen LogP contribution is 2.23. The van der Waals surface area contributed by atoms with Gasteiger partial charge in [-0.1, -0.05) is 54.2 Å². The smallest absolute Gasteiger partial charge is 0.238 e. The minimum absolute atomic E-state index is 0.0918. The third-order valence-electron chi connectivity index (χ3n) is 2.51. The number of benzene rings is 1. The van der Waals surface area contributed by atoms with E-state index in [0.29, 0.717) is 5.69 Å². The zero-order valence-corrected chi connectivity index (χ0v) is 11.5. The van der Waals surface area contributed by atoms with Crippen molar-refractivity contribution < 1.29 is 9.90 Å². The van der Waals surface area contributed by atoms with Crippen LogP contribution in [0.2, 0.25) is 0 Å². The zero-order chi connectivity index (χ0) is 12.7. The van der Waals surface area contributed by atoms with Gasteiger partial charge in [0.05, 0.1) is 10.5 Å². The summed E-state index contributed by atoms with van der Waals surface area (Å²) >= 11 is 3.36. The normalized spacial score (nSPS) is 12.1. The fraction of sp³-hybridized carbons (Fsp3) is 0.462. The molecule has 0 aromatic heterocycles. The van der Waals surface area contributed by atoms with E-state index in [1.165, 1.54) is 0 Å². The summed E-state index contributed by atoms with van der Waals surface area (Å²) in [6.07, 6.45) is 4.11. The van der Waals surface area contributed by atoms with Crippen LogP contribution in [0.1, 0.15) is 32.6 Å². The second-order valence-electron chi connectivity index (χ2n) is 3.97. The van der Waals surface area contributed by atoms with Gasteiger partial charge in [-0.25, -0.2) is 0 Å². The van der Waals surface area contributed by atoms with E-state index in [0.717, 1.165) is 25.7 Å². The number of phenols is 1. The van der Waals surface area contributed by atoms with Crippen LogP contribution in [-0.4, -0.2) is 15.8 Å². The van der Waals surface area contributed by atoms with Gasteiger partial charge in [0, 0.05) is 0 Å². The second kappa shape index (κ2) is 7.33. The SMILES string of the molecule is CCCCC[C@H](Br)C(=O)Nc1ccccc1O. The van der Waals surface area contributed by atoms with Gasteiger partial charge >= 0.3 is 0 Å². The van der Waals surface area contributed by atoms with Crippen LogP contribution in [0.15, 0.2) is 24.3 Å². The molecule has 0 heterocycles. The van der Waals surface area contributed by atoms with Crippen LogP contribution < -0.4 is 5.32 Å². The van der Waals surface area contributed by atoms with Crippen LogP contribution in [0.4, 0.5) is 5.69 Å². The lowest BCUT2D eigenvalue weighted by molar-refractivity contribution is -0.115. The highest BCUT2D eigenvalue weighted by molar-refractivity contribution is 9.10. The van der Waals surface area contributed by atoms with Crippen LogP contribution in [0, 0.1) is 0 Å².